The van der Waals surface area contributed by atoms with Gasteiger partial charge in [-0.3, -0.25) is 9.69 Å². The van der Waals surface area contributed by atoms with E-state index in [-0.39, 0.29) is 5.91 Å². The van der Waals surface area contributed by atoms with Crippen LogP contribution in [0.3, 0.4) is 0 Å². The number of carbonyl (C=O) groups excluding carboxylic acids is 1. The Morgan fingerprint density at radius 1 is 1.15 bits per heavy atom. The van der Waals surface area contributed by atoms with E-state index in [0.717, 1.165) is 38.6 Å². The lowest BCUT2D eigenvalue weighted by atomic mass is 10.00. The second kappa shape index (κ2) is 9.73. The highest BCUT2D eigenvalue weighted by molar-refractivity contribution is 7.99. The third kappa shape index (κ3) is 4.87. The summed E-state index contributed by atoms with van der Waals surface area (Å²) in [4.78, 5) is 20.6. The third-order valence-electron chi connectivity index (χ3n) is 5.32. The molecule has 0 unspecified atom stereocenters. The number of benzene rings is 2. The monoisotopic (exact) mass is 480 g/mol. The van der Waals surface area contributed by atoms with Gasteiger partial charge in [0, 0.05) is 28.7 Å². The van der Waals surface area contributed by atoms with E-state index in [9.17, 15) is 4.79 Å². The first kappa shape index (κ1) is 23.6. The second-order valence-corrected chi connectivity index (χ2v) is 10.4. The molecule has 3 aromatic rings. The minimum atomic E-state index is -0.667. The fourth-order valence-corrected chi connectivity index (χ4v) is 5.03. The van der Waals surface area contributed by atoms with Crippen LogP contribution in [-0.4, -0.2) is 33.1 Å². The molecule has 2 heterocycles. The van der Waals surface area contributed by atoms with Gasteiger partial charge in [-0.1, -0.05) is 49.4 Å². The molecule has 0 N–H and O–H groups in total. The van der Waals surface area contributed by atoms with Gasteiger partial charge in [-0.25, -0.2) is 0 Å². The number of carbonyl (C=O) groups is 1. The summed E-state index contributed by atoms with van der Waals surface area (Å²) in [6.07, 6.45) is 1.37. The SMILES string of the molecule is CSc1ccc([C@H]2Oc3nc(SCC(C)C)nnc3-c3cc(C)cc(C)c3N2C(C)=O)cc1. The molecule has 1 aliphatic heterocycles. The Morgan fingerprint density at radius 2 is 1.88 bits per heavy atom. The van der Waals surface area contributed by atoms with Gasteiger partial charge < -0.3 is 4.74 Å². The summed E-state index contributed by atoms with van der Waals surface area (Å²) in [7, 11) is 0. The standard InChI is InChI=1S/C25H28N4O2S2/c1-14(2)13-33-25-26-23-21(27-28-25)20-12-15(3)11-16(4)22(20)29(17(5)30)24(31-23)18-7-9-19(32-6)10-8-18/h7-12,14,24H,13H2,1-6H3/t24-/m1/s1. The lowest BCUT2D eigenvalue weighted by Gasteiger charge is -2.31. The minimum absolute atomic E-state index is 0.114. The molecule has 1 aromatic heterocycles. The summed E-state index contributed by atoms with van der Waals surface area (Å²) < 4.78 is 6.49. The molecular formula is C25H28N4O2S2. The van der Waals surface area contributed by atoms with E-state index >= 15 is 0 Å². The molecule has 6 nitrogen and oxygen atoms in total. The van der Waals surface area contributed by atoms with Crippen LogP contribution < -0.4 is 9.64 Å². The highest BCUT2D eigenvalue weighted by Crippen LogP contribution is 2.45. The molecule has 8 heteroatoms. The van der Waals surface area contributed by atoms with Crippen molar-refractivity contribution in [1.82, 2.24) is 15.2 Å². The van der Waals surface area contributed by atoms with Gasteiger partial charge in [0.15, 0.2) is 5.69 Å². The van der Waals surface area contributed by atoms with Crippen LogP contribution in [0.2, 0.25) is 0 Å². The third-order valence-corrected chi connectivity index (χ3v) is 7.33. The maximum absolute atomic E-state index is 13.0. The van der Waals surface area contributed by atoms with Gasteiger partial charge in [0.1, 0.15) is 0 Å². The number of rotatable bonds is 5. The van der Waals surface area contributed by atoms with Crippen molar-refractivity contribution in [2.24, 2.45) is 5.92 Å². The van der Waals surface area contributed by atoms with E-state index in [2.05, 4.69) is 30.1 Å². The lowest BCUT2D eigenvalue weighted by molar-refractivity contribution is -0.118. The minimum Gasteiger partial charge on any atom is -0.447 e. The van der Waals surface area contributed by atoms with Crippen LogP contribution >= 0.6 is 23.5 Å². The molecule has 33 heavy (non-hydrogen) atoms. The summed E-state index contributed by atoms with van der Waals surface area (Å²) >= 11 is 3.23. The Morgan fingerprint density at radius 3 is 2.52 bits per heavy atom. The zero-order valence-corrected chi connectivity index (χ0v) is 21.4. The van der Waals surface area contributed by atoms with Crippen LogP contribution in [0.25, 0.3) is 11.3 Å². The lowest BCUT2D eigenvalue weighted by Crippen LogP contribution is -2.36. The van der Waals surface area contributed by atoms with Crippen LogP contribution in [-0.2, 0) is 4.79 Å². The van der Waals surface area contributed by atoms with Crippen LogP contribution in [0.15, 0.2) is 46.5 Å². The second-order valence-electron chi connectivity index (χ2n) is 8.56. The summed E-state index contributed by atoms with van der Waals surface area (Å²) in [6, 6.07) is 12.2. The number of aromatic nitrogens is 3. The van der Waals surface area contributed by atoms with Gasteiger partial charge >= 0.3 is 0 Å². The molecule has 172 valence electrons. The first-order chi connectivity index (χ1) is 15.8. The zero-order chi connectivity index (χ0) is 23.7. The Labute approximate surface area is 203 Å². The fourth-order valence-electron chi connectivity index (χ4n) is 3.90. The van der Waals surface area contributed by atoms with E-state index in [1.165, 1.54) is 0 Å². The van der Waals surface area contributed by atoms with Crippen molar-refractivity contribution < 1.29 is 9.53 Å². The molecular weight excluding hydrogens is 452 g/mol. The number of ether oxygens (including phenoxy) is 1. The number of thioether (sulfide) groups is 2. The summed E-state index contributed by atoms with van der Waals surface area (Å²) in [6.45, 7) is 9.91. The quantitative estimate of drug-likeness (QED) is 0.411. The predicted molar refractivity (Wildman–Crippen MR) is 135 cm³/mol. The maximum Gasteiger partial charge on any atom is 0.247 e. The van der Waals surface area contributed by atoms with Gasteiger partial charge in [0.25, 0.3) is 0 Å². The van der Waals surface area contributed by atoms with Crippen LogP contribution in [0.4, 0.5) is 5.69 Å². The van der Waals surface area contributed by atoms with Crippen molar-refractivity contribution in [3.63, 3.8) is 0 Å². The maximum atomic E-state index is 13.0. The number of fused-ring (bicyclic) bond motifs is 3. The Bertz CT molecular complexity index is 1180. The number of amides is 1. The molecule has 0 saturated carbocycles. The first-order valence-electron chi connectivity index (χ1n) is 10.9. The number of nitrogens with zero attached hydrogens (tertiary/aromatic N) is 4. The molecule has 4 rings (SSSR count). The zero-order valence-electron chi connectivity index (χ0n) is 19.7. The molecule has 1 atom stereocenters. The largest absolute Gasteiger partial charge is 0.447 e. The molecule has 0 radical (unpaired) electrons. The number of anilines is 1. The molecule has 0 aliphatic carbocycles. The average Bonchev–Trinajstić information content (AvgIpc) is 2.92. The molecule has 1 amide bonds. The Kier molecular flexibility index (Phi) is 6.95. The molecule has 0 fully saturated rings. The van der Waals surface area contributed by atoms with Crippen molar-refractivity contribution in [3.8, 4) is 17.1 Å². The van der Waals surface area contributed by atoms with Crippen LogP contribution in [0.1, 0.15) is 43.7 Å². The summed E-state index contributed by atoms with van der Waals surface area (Å²) in [5.41, 5.74) is 5.06. The number of hydrogen-bond acceptors (Lipinski definition) is 7. The van der Waals surface area contributed by atoms with Gasteiger partial charge in [-0.2, -0.15) is 4.98 Å². The summed E-state index contributed by atoms with van der Waals surface area (Å²) in [5.74, 6) is 1.66. The van der Waals surface area contributed by atoms with Gasteiger partial charge in [0.05, 0.1) is 5.69 Å². The van der Waals surface area contributed by atoms with Crippen molar-refractivity contribution >= 4 is 35.1 Å². The van der Waals surface area contributed by atoms with Gasteiger partial charge in [-0.05, 0) is 49.8 Å². The number of hydrogen-bond donors (Lipinski definition) is 0. The predicted octanol–water partition coefficient (Wildman–Crippen LogP) is 6.07. The smallest absolute Gasteiger partial charge is 0.247 e. The number of aryl methyl sites for hydroxylation is 2. The van der Waals surface area contributed by atoms with Crippen molar-refractivity contribution in [2.45, 2.75) is 50.9 Å². The van der Waals surface area contributed by atoms with Gasteiger partial charge in [0.2, 0.25) is 23.2 Å². The molecule has 2 aromatic carbocycles. The molecule has 0 spiro atoms. The van der Waals surface area contributed by atoms with Gasteiger partial charge in [-0.15, -0.1) is 22.0 Å². The summed E-state index contributed by atoms with van der Waals surface area (Å²) in [5, 5.41) is 9.47. The topological polar surface area (TPSA) is 68.2 Å². The highest BCUT2D eigenvalue weighted by Gasteiger charge is 2.35. The van der Waals surface area contributed by atoms with E-state index in [0.29, 0.717) is 22.6 Å². The van der Waals surface area contributed by atoms with Crippen LogP contribution in [0, 0.1) is 19.8 Å². The average molecular weight is 481 g/mol. The Hall–Kier alpha value is -2.58. The molecule has 0 bridgehead atoms. The fraction of sp³-hybridized carbons (Fsp3) is 0.360. The normalized spacial score (nSPS) is 15.0. The van der Waals surface area contributed by atoms with Crippen molar-refractivity contribution in [1.29, 1.82) is 0 Å². The Balaban J connectivity index is 1.92. The molecule has 0 saturated heterocycles. The van der Waals surface area contributed by atoms with E-state index in [4.69, 9.17) is 9.72 Å². The van der Waals surface area contributed by atoms with E-state index < -0.39 is 6.23 Å². The van der Waals surface area contributed by atoms with E-state index in [1.807, 2.05) is 50.4 Å². The van der Waals surface area contributed by atoms with Crippen molar-refractivity contribution in [2.75, 3.05) is 16.9 Å². The highest BCUT2D eigenvalue weighted by atomic mass is 32.2. The molecule has 1 aliphatic rings. The van der Waals surface area contributed by atoms with Crippen molar-refractivity contribution in [3.05, 3.63) is 53.1 Å². The van der Waals surface area contributed by atoms with Crippen LogP contribution in [0.5, 0.6) is 5.88 Å². The first-order valence-corrected chi connectivity index (χ1v) is 13.1. The van der Waals surface area contributed by atoms with E-state index in [1.54, 1.807) is 35.3 Å².